The molecule has 0 radical (unpaired) electrons. The number of aliphatic hydroxyl groups excluding tert-OH is 1. The van der Waals surface area contributed by atoms with Crippen molar-refractivity contribution in [3.8, 4) is 0 Å². The maximum absolute atomic E-state index is 15.1. The Hall–Kier alpha value is -2.00. The number of carbonyl (C=O) groups is 1. The molecule has 0 spiro atoms. The minimum atomic E-state index is -2.26. The lowest BCUT2D eigenvalue weighted by atomic mass is 9.98. The van der Waals surface area contributed by atoms with Crippen molar-refractivity contribution in [2.75, 3.05) is 6.61 Å². The van der Waals surface area contributed by atoms with Crippen molar-refractivity contribution in [3.05, 3.63) is 33.1 Å². The van der Waals surface area contributed by atoms with E-state index < -0.39 is 47.9 Å². The minimum Gasteiger partial charge on any atom is -0.456 e. The fourth-order valence-electron chi connectivity index (χ4n) is 2.38. The van der Waals surface area contributed by atoms with E-state index in [1.807, 2.05) is 4.98 Å². The zero-order valence-electron chi connectivity index (χ0n) is 12.1. The molecule has 122 valence electrons. The van der Waals surface area contributed by atoms with Crippen molar-refractivity contribution in [1.82, 2.24) is 9.55 Å². The number of halogens is 1. The molecule has 0 aromatic carbocycles. The topological polar surface area (TPSA) is 111 Å². The average Bonchev–Trinajstić information content (AvgIpc) is 2.70. The Kier molecular flexibility index (Phi) is 4.47. The molecule has 1 unspecified atom stereocenters. The lowest BCUT2D eigenvalue weighted by Crippen LogP contribution is -2.45. The van der Waals surface area contributed by atoms with E-state index in [4.69, 9.17) is 9.47 Å². The molecule has 1 fully saturated rings. The lowest BCUT2D eigenvalue weighted by Gasteiger charge is -2.27. The van der Waals surface area contributed by atoms with E-state index in [0.29, 0.717) is 0 Å². The van der Waals surface area contributed by atoms with Crippen LogP contribution in [0.4, 0.5) is 4.39 Å². The van der Waals surface area contributed by atoms with Gasteiger partial charge in [-0.15, -0.1) is 0 Å². The third-order valence-electron chi connectivity index (χ3n) is 3.51. The Labute approximate surface area is 124 Å². The summed E-state index contributed by atoms with van der Waals surface area (Å²) in [4.78, 5) is 36.3. The highest BCUT2D eigenvalue weighted by Crippen LogP contribution is 2.42. The van der Waals surface area contributed by atoms with E-state index in [1.54, 1.807) is 6.92 Å². The Morgan fingerprint density at radius 1 is 1.59 bits per heavy atom. The summed E-state index contributed by atoms with van der Waals surface area (Å²) in [6.07, 6.45) is -2.80. The minimum absolute atomic E-state index is 0.0357. The number of H-pyrrole nitrogens is 1. The zero-order chi connectivity index (χ0) is 16.5. The fourth-order valence-corrected chi connectivity index (χ4v) is 2.38. The molecule has 1 aliphatic heterocycles. The molecule has 4 atom stereocenters. The highest BCUT2D eigenvalue weighted by atomic mass is 19.1. The second-order valence-electron chi connectivity index (χ2n) is 5.14. The molecule has 22 heavy (non-hydrogen) atoms. The van der Waals surface area contributed by atoms with Gasteiger partial charge in [0.2, 0.25) is 0 Å². The molecule has 2 N–H and O–H groups in total. The van der Waals surface area contributed by atoms with E-state index in [0.717, 1.165) is 23.8 Å². The summed E-state index contributed by atoms with van der Waals surface area (Å²) < 4.78 is 26.3. The van der Waals surface area contributed by atoms with Crippen LogP contribution in [0, 0.1) is 0 Å². The molecule has 9 heteroatoms. The van der Waals surface area contributed by atoms with Crippen LogP contribution in [0.5, 0.6) is 0 Å². The standard InChI is InChI=1S/C13H17FN2O6/c1-3-9(19)22-10-7(6-17)21-11(13(10,2)14)16-5-4-8(18)15-12(16)20/h4-5,7,10-11,17H,3,6H2,1-2H3,(H,15,18,20)/t7-,10?,11-,13-/m1/s1. The summed E-state index contributed by atoms with van der Waals surface area (Å²) in [5.74, 6) is -0.648. The second-order valence-corrected chi connectivity index (χ2v) is 5.14. The number of nitrogens with one attached hydrogen (secondary N) is 1. The van der Waals surface area contributed by atoms with Crippen molar-refractivity contribution in [2.24, 2.45) is 0 Å². The largest absolute Gasteiger partial charge is 0.456 e. The highest BCUT2D eigenvalue weighted by Gasteiger charge is 2.57. The molecule has 1 aromatic rings. The van der Waals surface area contributed by atoms with E-state index in [9.17, 15) is 19.5 Å². The molecular formula is C13H17FN2O6. The predicted octanol–water partition coefficient (Wildman–Crippen LogP) is -0.524. The van der Waals surface area contributed by atoms with Gasteiger partial charge in [0.25, 0.3) is 5.56 Å². The number of hydrogen-bond donors (Lipinski definition) is 2. The van der Waals surface area contributed by atoms with Crippen molar-refractivity contribution in [2.45, 2.75) is 44.4 Å². The van der Waals surface area contributed by atoms with Gasteiger partial charge >= 0.3 is 11.7 Å². The van der Waals surface area contributed by atoms with Gasteiger partial charge in [-0.05, 0) is 6.92 Å². The van der Waals surface area contributed by atoms with E-state index >= 15 is 4.39 Å². The highest BCUT2D eigenvalue weighted by molar-refractivity contribution is 5.69. The Morgan fingerprint density at radius 3 is 2.82 bits per heavy atom. The lowest BCUT2D eigenvalue weighted by molar-refractivity contribution is -0.158. The van der Waals surface area contributed by atoms with E-state index in [2.05, 4.69) is 0 Å². The number of carbonyl (C=O) groups excluding carboxylic acids is 1. The summed E-state index contributed by atoms with van der Waals surface area (Å²) in [5, 5.41) is 9.30. The van der Waals surface area contributed by atoms with Gasteiger partial charge in [-0.25, -0.2) is 9.18 Å². The van der Waals surface area contributed by atoms with Crippen LogP contribution in [0.2, 0.25) is 0 Å². The molecular weight excluding hydrogens is 299 g/mol. The van der Waals surface area contributed by atoms with Crippen LogP contribution >= 0.6 is 0 Å². The summed E-state index contributed by atoms with van der Waals surface area (Å²) in [6.45, 7) is 2.07. The Morgan fingerprint density at radius 2 is 2.27 bits per heavy atom. The summed E-state index contributed by atoms with van der Waals surface area (Å²) >= 11 is 0. The number of aliphatic hydroxyl groups is 1. The molecule has 0 bridgehead atoms. The number of hydrogen-bond acceptors (Lipinski definition) is 6. The molecule has 1 aromatic heterocycles. The van der Waals surface area contributed by atoms with Crippen molar-refractivity contribution < 1.29 is 23.8 Å². The van der Waals surface area contributed by atoms with Crippen LogP contribution in [0.25, 0.3) is 0 Å². The van der Waals surface area contributed by atoms with Crippen LogP contribution in [-0.4, -0.2) is 45.1 Å². The first-order valence-electron chi connectivity index (χ1n) is 6.77. The van der Waals surface area contributed by atoms with Gasteiger partial charge < -0.3 is 14.6 Å². The summed E-state index contributed by atoms with van der Waals surface area (Å²) in [7, 11) is 0. The number of aromatic amines is 1. The number of alkyl halides is 1. The van der Waals surface area contributed by atoms with E-state index in [-0.39, 0.29) is 6.42 Å². The first-order chi connectivity index (χ1) is 10.3. The second kappa shape index (κ2) is 6.01. The van der Waals surface area contributed by atoms with Crippen LogP contribution in [0.15, 0.2) is 21.9 Å². The molecule has 8 nitrogen and oxygen atoms in total. The van der Waals surface area contributed by atoms with Gasteiger partial charge in [0, 0.05) is 18.7 Å². The number of aromatic nitrogens is 2. The quantitative estimate of drug-likeness (QED) is 0.723. The van der Waals surface area contributed by atoms with Crippen molar-refractivity contribution in [1.29, 1.82) is 0 Å². The maximum Gasteiger partial charge on any atom is 0.330 e. The summed E-state index contributed by atoms with van der Waals surface area (Å²) in [5.41, 5.74) is -3.76. The SMILES string of the molecule is CCC(=O)OC1[C@@H](CO)O[C@@H](n2ccc(=O)[nH]c2=O)[C@]1(C)F. The van der Waals surface area contributed by atoms with Crippen LogP contribution < -0.4 is 11.2 Å². The molecule has 1 aliphatic rings. The van der Waals surface area contributed by atoms with Gasteiger partial charge in [-0.1, -0.05) is 6.92 Å². The molecule has 2 heterocycles. The Bertz CT molecular complexity index is 667. The molecule has 2 rings (SSSR count). The number of nitrogens with zero attached hydrogens (tertiary/aromatic N) is 1. The third-order valence-corrected chi connectivity index (χ3v) is 3.51. The van der Waals surface area contributed by atoms with Gasteiger partial charge in [-0.3, -0.25) is 19.1 Å². The van der Waals surface area contributed by atoms with Gasteiger partial charge in [0.15, 0.2) is 18.0 Å². The van der Waals surface area contributed by atoms with Crippen LogP contribution in [-0.2, 0) is 14.3 Å². The van der Waals surface area contributed by atoms with Crippen LogP contribution in [0.3, 0.4) is 0 Å². The molecule has 1 saturated heterocycles. The summed E-state index contributed by atoms with van der Waals surface area (Å²) in [6, 6.07) is 1.04. The van der Waals surface area contributed by atoms with Crippen molar-refractivity contribution in [3.63, 3.8) is 0 Å². The average molecular weight is 316 g/mol. The molecule has 0 amide bonds. The third kappa shape index (κ3) is 2.81. The number of ether oxygens (including phenoxy) is 2. The van der Waals surface area contributed by atoms with Gasteiger partial charge in [-0.2, -0.15) is 0 Å². The smallest absolute Gasteiger partial charge is 0.330 e. The molecule has 0 saturated carbocycles. The van der Waals surface area contributed by atoms with E-state index in [1.165, 1.54) is 0 Å². The number of esters is 1. The normalized spacial score (nSPS) is 31.2. The Balaban J connectivity index is 2.39. The monoisotopic (exact) mass is 316 g/mol. The predicted molar refractivity (Wildman–Crippen MR) is 72.0 cm³/mol. The molecule has 0 aliphatic carbocycles. The van der Waals surface area contributed by atoms with Crippen LogP contribution in [0.1, 0.15) is 26.5 Å². The number of rotatable bonds is 4. The van der Waals surface area contributed by atoms with Gasteiger partial charge in [0.1, 0.15) is 6.10 Å². The zero-order valence-corrected chi connectivity index (χ0v) is 12.1. The maximum atomic E-state index is 15.1. The van der Waals surface area contributed by atoms with Crippen molar-refractivity contribution >= 4 is 5.97 Å². The first-order valence-corrected chi connectivity index (χ1v) is 6.77. The fraction of sp³-hybridized carbons (Fsp3) is 0.615. The van der Waals surface area contributed by atoms with Gasteiger partial charge in [0.05, 0.1) is 6.61 Å². The first kappa shape index (κ1) is 16.4.